The standard InChI is InChI=1S/C19H27N5O4S.HI/c1-14-16(9-10-28-14)13-24(4)19(22-12-18(25)23(2)3)21-11-15-5-7-17(8-6-15)29(20,26)27;/h5-10H,11-13H2,1-4H3,(H,21,22)(H2,20,26,27);1H. The maximum Gasteiger partial charge on any atom is 0.241 e. The van der Waals surface area contributed by atoms with Gasteiger partial charge in [0.25, 0.3) is 0 Å². The number of nitrogens with two attached hydrogens (primary N) is 1. The average Bonchev–Trinajstić information content (AvgIpc) is 3.05. The van der Waals surface area contributed by atoms with E-state index in [-0.39, 0.29) is 41.3 Å². The quantitative estimate of drug-likeness (QED) is 0.307. The van der Waals surface area contributed by atoms with Crippen LogP contribution in [0.15, 0.2) is 50.9 Å². The third-order valence-corrected chi connectivity index (χ3v) is 5.22. The Kier molecular flexibility index (Phi) is 9.78. The highest BCUT2D eigenvalue weighted by molar-refractivity contribution is 14.0. The second-order valence-electron chi connectivity index (χ2n) is 6.83. The van der Waals surface area contributed by atoms with Crippen LogP contribution in [-0.2, 0) is 27.9 Å². The van der Waals surface area contributed by atoms with Crippen LogP contribution in [0, 0.1) is 6.92 Å². The molecule has 1 aromatic carbocycles. The molecule has 3 N–H and O–H groups in total. The molecule has 0 aliphatic rings. The summed E-state index contributed by atoms with van der Waals surface area (Å²) in [5.41, 5.74) is 1.82. The molecule has 1 aromatic heterocycles. The topological polar surface area (TPSA) is 121 Å². The minimum Gasteiger partial charge on any atom is -0.469 e. The number of carbonyl (C=O) groups excluding carboxylic acids is 1. The molecule has 2 rings (SSSR count). The summed E-state index contributed by atoms with van der Waals surface area (Å²) in [6, 6.07) is 8.10. The number of furan rings is 1. The molecule has 0 aliphatic heterocycles. The van der Waals surface area contributed by atoms with Gasteiger partial charge < -0.3 is 19.5 Å². The van der Waals surface area contributed by atoms with Crippen LogP contribution < -0.4 is 10.5 Å². The molecule has 0 bridgehead atoms. The summed E-state index contributed by atoms with van der Waals surface area (Å²) in [4.78, 5) is 20.0. The van der Waals surface area contributed by atoms with Crippen LogP contribution in [-0.4, -0.2) is 57.8 Å². The number of amides is 1. The maximum absolute atomic E-state index is 12.0. The van der Waals surface area contributed by atoms with E-state index in [1.807, 2.05) is 24.9 Å². The van der Waals surface area contributed by atoms with Gasteiger partial charge in [0.15, 0.2) is 5.96 Å². The summed E-state index contributed by atoms with van der Waals surface area (Å²) in [5, 5.41) is 8.20. The largest absolute Gasteiger partial charge is 0.469 e. The number of hydrogen-bond donors (Lipinski definition) is 2. The Hall–Kier alpha value is -2.12. The Morgan fingerprint density at radius 2 is 1.80 bits per heavy atom. The lowest BCUT2D eigenvalue weighted by molar-refractivity contribution is -0.127. The molecule has 1 amide bonds. The molecule has 9 nitrogen and oxygen atoms in total. The van der Waals surface area contributed by atoms with Gasteiger partial charge in [0.1, 0.15) is 5.76 Å². The molecule has 0 spiro atoms. The van der Waals surface area contributed by atoms with Crippen molar-refractivity contribution in [1.82, 2.24) is 15.1 Å². The molecule has 0 aliphatic carbocycles. The van der Waals surface area contributed by atoms with Crippen molar-refractivity contribution in [3.05, 3.63) is 53.5 Å². The summed E-state index contributed by atoms with van der Waals surface area (Å²) in [6.07, 6.45) is 1.63. The zero-order chi connectivity index (χ0) is 21.6. The first kappa shape index (κ1) is 25.9. The summed E-state index contributed by atoms with van der Waals surface area (Å²) >= 11 is 0. The van der Waals surface area contributed by atoms with Crippen LogP contribution in [0.2, 0.25) is 0 Å². The van der Waals surface area contributed by atoms with E-state index in [4.69, 9.17) is 9.56 Å². The third-order valence-electron chi connectivity index (χ3n) is 4.30. The van der Waals surface area contributed by atoms with Crippen molar-refractivity contribution in [1.29, 1.82) is 0 Å². The maximum atomic E-state index is 12.0. The lowest BCUT2D eigenvalue weighted by Gasteiger charge is -2.23. The van der Waals surface area contributed by atoms with Gasteiger partial charge in [-0.1, -0.05) is 12.1 Å². The van der Waals surface area contributed by atoms with Gasteiger partial charge in [-0.05, 0) is 30.7 Å². The van der Waals surface area contributed by atoms with Gasteiger partial charge >= 0.3 is 0 Å². The molecule has 0 unspecified atom stereocenters. The molecular formula is C19H28IN5O4S. The Morgan fingerprint density at radius 1 is 1.17 bits per heavy atom. The number of aliphatic imine (C=N–C) groups is 1. The van der Waals surface area contributed by atoms with Gasteiger partial charge in [0.05, 0.1) is 24.2 Å². The van der Waals surface area contributed by atoms with Crippen LogP contribution >= 0.6 is 24.0 Å². The van der Waals surface area contributed by atoms with Crippen molar-refractivity contribution in [2.24, 2.45) is 10.1 Å². The number of nitrogens with zero attached hydrogens (tertiary/aromatic N) is 3. The molecule has 0 atom stereocenters. The molecule has 0 saturated carbocycles. The minimum atomic E-state index is -3.73. The number of benzene rings is 1. The first-order chi connectivity index (χ1) is 13.6. The van der Waals surface area contributed by atoms with Gasteiger partial charge in [-0.15, -0.1) is 24.0 Å². The summed E-state index contributed by atoms with van der Waals surface area (Å²) in [6.45, 7) is 2.84. The van der Waals surface area contributed by atoms with E-state index in [2.05, 4.69) is 10.3 Å². The number of rotatable bonds is 7. The molecule has 11 heteroatoms. The molecule has 0 saturated heterocycles. The first-order valence-electron chi connectivity index (χ1n) is 8.92. The van der Waals surface area contributed by atoms with Crippen molar-refractivity contribution in [3.8, 4) is 0 Å². The number of guanidine groups is 1. The Balaban J connectivity index is 0.00000450. The molecule has 30 heavy (non-hydrogen) atoms. The number of sulfonamides is 1. The molecule has 2 aromatic rings. The lowest BCUT2D eigenvalue weighted by Crippen LogP contribution is -2.43. The number of primary sulfonamides is 1. The molecule has 166 valence electrons. The highest BCUT2D eigenvalue weighted by atomic mass is 127. The molecule has 1 heterocycles. The second-order valence-corrected chi connectivity index (χ2v) is 8.39. The minimum absolute atomic E-state index is 0. The lowest BCUT2D eigenvalue weighted by atomic mass is 10.2. The van der Waals surface area contributed by atoms with Gasteiger partial charge in [-0.2, -0.15) is 0 Å². The normalized spacial score (nSPS) is 11.6. The van der Waals surface area contributed by atoms with E-state index in [1.165, 1.54) is 17.0 Å². The summed E-state index contributed by atoms with van der Waals surface area (Å²) < 4.78 is 28.1. The smallest absolute Gasteiger partial charge is 0.241 e. The number of aryl methyl sites for hydroxylation is 1. The monoisotopic (exact) mass is 549 g/mol. The highest BCUT2D eigenvalue weighted by Crippen LogP contribution is 2.12. The van der Waals surface area contributed by atoms with Crippen molar-refractivity contribution >= 4 is 45.9 Å². The number of halogens is 1. The molecular weight excluding hydrogens is 521 g/mol. The second kappa shape index (κ2) is 11.3. The fraction of sp³-hybridized carbons (Fsp3) is 0.368. The van der Waals surface area contributed by atoms with Crippen LogP contribution in [0.1, 0.15) is 16.9 Å². The Morgan fingerprint density at radius 3 is 2.30 bits per heavy atom. The Labute approximate surface area is 194 Å². The first-order valence-corrected chi connectivity index (χ1v) is 10.5. The predicted molar refractivity (Wildman–Crippen MR) is 126 cm³/mol. The number of nitrogens with one attached hydrogen (secondary N) is 1. The highest BCUT2D eigenvalue weighted by Gasteiger charge is 2.13. The van der Waals surface area contributed by atoms with Crippen LogP contribution in [0.5, 0.6) is 0 Å². The SMILES string of the molecule is Cc1occc1CN(C)C(=NCc1ccc(S(N)(=O)=O)cc1)NCC(=O)N(C)C.I. The average molecular weight is 549 g/mol. The van der Waals surface area contributed by atoms with Crippen molar-refractivity contribution in [2.45, 2.75) is 24.9 Å². The van der Waals surface area contributed by atoms with Gasteiger partial charge in [0, 0.05) is 33.3 Å². The van der Waals surface area contributed by atoms with E-state index in [0.717, 1.165) is 16.9 Å². The fourth-order valence-electron chi connectivity index (χ4n) is 2.48. The summed E-state index contributed by atoms with van der Waals surface area (Å²) in [5.74, 6) is 1.28. The fourth-order valence-corrected chi connectivity index (χ4v) is 3.00. The van der Waals surface area contributed by atoms with Crippen LogP contribution in [0.4, 0.5) is 0 Å². The number of carbonyl (C=O) groups is 1. The van der Waals surface area contributed by atoms with Crippen molar-refractivity contribution < 1.29 is 17.6 Å². The predicted octanol–water partition coefficient (Wildman–Crippen LogP) is 1.52. The van der Waals surface area contributed by atoms with E-state index in [1.54, 1.807) is 32.5 Å². The van der Waals surface area contributed by atoms with Crippen molar-refractivity contribution in [3.63, 3.8) is 0 Å². The zero-order valence-electron chi connectivity index (χ0n) is 17.5. The molecule has 0 radical (unpaired) electrons. The Bertz CT molecular complexity index is 971. The summed E-state index contributed by atoms with van der Waals surface area (Å²) in [7, 11) is 1.51. The van der Waals surface area contributed by atoms with Gasteiger partial charge in [-0.25, -0.2) is 18.5 Å². The van der Waals surface area contributed by atoms with E-state index in [0.29, 0.717) is 19.0 Å². The van der Waals surface area contributed by atoms with E-state index >= 15 is 0 Å². The van der Waals surface area contributed by atoms with Crippen molar-refractivity contribution in [2.75, 3.05) is 27.7 Å². The van der Waals surface area contributed by atoms with Crippen LogP contribution in [0.3, 0.4) is 0 Å². The zero-order valence-corrected chi connectivity index (χ0v) is 20.6. The number of likely N-dealkylation sites (N-methyl/N-ethyl adjacent to an activating group) is 1. The van der Waals surface area contributed by atoms with Gasteiger partial charge in [-0.3, -0.25) is 4.79 Å². The van der Waals surface area contributed by atoms with E-state index in [9.17, 15) is 13.2 Å². The van der Waals surface area contributed by atoms with Gasteiger partial charge in [0.2, 0.25) is 15.9 Å². The van der Waals surface area contributed by atoms with E-state index < -0.39 is 10.0 Å². The van der Waals surface area contributed by atoms with Crippen LogP contribution in [0.25, 0.3) is 0 Å². The number of hydrogen-bond acceptors (Lipinski definition) is 5. The third kappa shape index (κ3) is 7.61. The molecule has 0 fully saturated rings.